The molecular formula is C22H23BrN2O6. The van der Waals surface area contributed by atoms with Gasteiger partial charge in [-0.05, 0) is 54.5 Å². The van der Waals surface area contributed by atoms with Crippen LogP contribution in [0.4, 0.5) is 5.69 Å². The third kappa shape index (κ3) is 7.78. The molecule has 2 aromatic carbocycles. The van der Waals surface area contributed by atoms with Crippen LogP contribution in [0.1, 0.15) is 18.4 Å². The summed E-state index contributed by atoms with van der Waals surface area (Å²) in [6, 6.07) is 11.0. The Morgan fingerprint density at radius 2 is 1.74 bits per heavy atom. The number of benzene rings is 2. The second-order valence-corrected chi connectivity index (χ2v) is 7.35. The van der Waals surface area contributed by atoms with Crippen molar-refractivity contribution < 1.29 is 29.0 Å². The number of halogens is 1. The van der Waals surface area contributed by atoms with E-state index >= 15 is 0 Å². The number of ether oxygens (including phenoxy) is 2. The van der Waals surface area contributed by atoms with E-state index in [-0.39, 0.29) is 12.8 Å². The maximum absolute atomic E-state index is 12.6. The zero-order valence-electron chi connectivity index (χ0n) is 17.1. The van der Waals surface area contributed by atoms with Crippen LogP contribution in [-0.4, -0.2) is 43.2 Å². The Labute approximate surface area is 188 Å². The van der Waals surface area contributed by atoms with Gasteiger partial charge in [0.2, 0.25) is 11.8 Å². The fourth-order valence-corrected chi connectivity index (χ4v) is 2.91. The van der Waals surface area contributed by atoms with E-state index in [2.05, 4.69) is 26.6 Å². The summed E-state index contributed by atoms with van der Waals surface area (Å²) in [6.45, 7) is 0. The quantitative estimate of drug-likeness (QED) is 0.439. The molecule has 2 aromatic rings. The maximum atomic E-state index is 12.6. The molecule has 0 saturated heterocycles. The van der Waals surface area contributed by atoms with Crippen molar-refractivity contribution in [2.45, 2.75) is 18.9 Å². The first-order chi connectivity index (χ1) is 14.8. The second-order valence-electron chi connectivity index (χ2n) is 6.44. The van der Waals surface area contributed by atoms with Gasteiger partial charge < -0.3 is 25.2 Å². The van der Waals surface area contributed by atoms with Crippen LogP contribution in [-0.2, 0) is 14.4 Å². The van der Waals surface area contributed by atoms with E-state index in [0.29, 0.717) is 22.7 Å². The molecule has 0 unspecified atom stereocenters. The summed E-state index contributed by atoms with van der Waals surface area (Å²) in [5.41, 5.74) is 1.22. The molecule has 31 heavy (non-hydrogen) atoms. The number of amides is 2. The minimum Gasteiger partial charge on any atom is -0.493 e. The molecular weight excluding hydrogens is 468 g/mol. The van der Waals surface area contributed by atoms with Gasteiger partial charge in [0.1, 0.15) is 6.04 Å². The lowest BCUT2D eigenvalue weighted by Gasteiger charge is -2.17. The largest absolute Gasteiger partial charge is 0.493 e. The van der Waals surface area contributed by atoms with Gasteiger partial charge in [0.25, 0.3) is 0 Å². The van der Waals surface area contributed by atoms with Crippen molar-refractivity contribution in [1.82, 2.24) is 5.32 Å². The standard InChI is InChI=1S/C22H23BrN2O6/c1-30-18-10-3-14(13-19(18)31-2)4-11-20(26)25-17(9-12-21(27)28)22(29)24-16-7-5-15(23)6-8-16/h3-8,10-11,13,17H,9,12H2,1-2H3,(H,24,29)(H,25,26)(H,27,28)/b11-4+/t17-/m0/s1. The molecule has 0 aliphatic heterocycles. The molecule has 0 bridgehead atoms. The van der Waals surface area contributed by atoms with Crippen molar-refractivity contribution in [3.63, 3.8) is 0 Å². The zero-order valence-corrected chi connectivity index (χ0v) is 18.6. The Kier molecular flexibility index (Phi) is 9.08. The average Bonchev–Trinajstić information content (AvgIpc) is 2.76. The lowest BCUT2D eigenvalue weighted by Crippen LogP contribution is -2.43. The molecule has 164 valence electrons. The number of anilines is 1. The molecule has 0 radical (unpaired) electrons. The lowest BCUT2D eigenvalue weighted by atomic mass is 10.1. The molecule has 0 spiro atoms. The monoisotopic (exact) mass is 490 g/mol. The first-order valence-electron chi connectivity index (χ1n) is 9.31. The summed E-state index contributed by atoms with van der Waals surface area (Å²) >= 11 is 3.31. The van der Waals surface area contributed by atoms with Crippen LogP contribution in [0.5, 0.6) is 11.5 Å². The van der Waals surface area contributed by atoms with Crippen LogP contribution in [0, 0.1) is 0 Å². The molecule has 9 heteroatoms. The molecule has 0 aromatic heterocycles. The molecule has 0 aliphatic carbocycles. The molecule has 3 N–H and O–H groups in total. The summed E-state index contributed by atoms with van der Waals surface area (Å²) < 4.78 is 11.2. The third-order valence-electron chi connectivity index (χ3n) is 4.23. The molecule has 1 atom stereocenters. The number of carbonyl (C=O) groups is 3. The number of carboxylic acid groups (broad SMARTS) is 1. The third-order valence-corrected chi connectivity index (χ3v) is 4.76. The molecule has 2 amide bonds. The van der Waals surface area contributed by atoms with Gasteiger partial charge in [0.05, 0.1) is 14.2 Å². The van der Waals surface area contributed by atoms with Crippen LogP contribution in [0.2, 0.25) is 0 Å². The van der Waals surface area contributed by atoms with Crippen molar-refractivity contribution in [2.75, 3.05) is 19.5 Å². The van der Waals surface area contributed by atoms with Gasteiger partial charge in [0, 0.05) is 22.7 Å². The summed E-state index contributed by atoms with van der Waals surface area (Å²) in [5, 5.41) is 14.2. The normalized spacial score (nSPS) is 11.6. The minimum absolute atomic E-state index is 0.0480. The number of hydrogen-bond acceptors (Lipinski definition) is 5. The molecule has 0 aliphatic rings. The average molecular weight is 491 g/mol. The highest BCUT2D eigenvalue weighted by molar-refractivity contribution is 9.10. The number of methoxy groups -OCH3 is 2. The fraction of sp³-hybridized carbons (Fsp3) is 0.227. The van der Waals surface area contributed by atoms with Crippen LogP contribution in [0.3, 0.4) is 0 Å². The SMILES string of the molecule is COc1ccc(/C=C/C(=O)N[C@@H](CCC(=O)O)C(=O)Nc2ccc(Br)cc2)cc1OC. The van der Waals surface area contributed by atoms with Gasteiger partial charge in [-0.2, -0.15) is 0 Å². The number of carbonyl (C=O) groups excluding carboxylic acids is 2. The van der Waals surface area contributed by atoms with Gasteiger partial charge in [-0.15, -0.1) is 0 Å². The van der Waals surface area contributed by atoms with Crippen molar-refractivity contribution in [1.29, 1.82) is 0 Å². The molecule has 0 heterocycles. The number of hydrogen-bond donors (Lipinski definition) is 3. The Morgan fingerprint density at radius 1 is 1.06 bits per heavy atom. The second kappa shape index (κ2) is 11.8. The van der Waals surface area contributed by atoms with E-state index in [4.69, 9.17) is 14.6 Å². The summed E-state index contributed by atoms with van der Waals surface area (Å²) in [7, 11) is 3.03. The first-order valence-corrected chi connectivity index (χ1v) is 10.1. The van der Waals surface area contributed by atoms with Crippen LogP contribution in [0.15, 0.2) is 53.0 Å². The number of aliphatic carboxylic acids is 1. The van der Waals surface area contributed by atoms with Crippen LogP contribution in [0.25, 0.3) is 6.08 Å². The smallest absolute Gasteiger partial charge is 0.303 e. The van der Waals surface area contributed by atoms with Gasteiger partial charge in [-0.3, -0.25) is 14.4 Å². The number of nitrogens with one attached hydrogen (secondary N) is 2. The zero-order chi connectivity index (χ0) is 22.8. The van der Waals surface area contributed by atoms with Gasteiger partial charge >= 0.3 is 5.97 Å². The number of carboxylic acids is 1. The van der Waals surface area contributed by atoms with Crippen molar-refractivity contribution in [3.8, 4) is 11.5 Å². The predicted octanol–water partition coefficient (Wildman–Crippen LogP) is 3.47. The Morgan fingerprint density at radius 3 is 2.35 bits per heavy atom. The van der Waals surface area contributed by atoms with Crippen molar-refractivity contribution >= 4 is 45.5 Å². The van der Waals surface area contributed by atoms with Crippen molar-refractivity contribution in [2.24, 2.45) is 0 Å². The van der Waals surface area contributed by atoms with E-state index in [1.165, 1.54) is 20.3 Å². The van der Waals surface area contributed by atoms with Crippen molar-refractivity contribution in [3.05, 3.63) is 58.6 Å². The Hall–Kier alpha value is -3.33. The molecule has 2 rings (SSSR count). The molecule has 0 fully saturated rings. The minimum atomic E-state index is -1.06. The highest BCUT2D eigenvalue weighted by Gasteiger charge is 2.21. The van der Waals surface area contributed by atoms with Gasteiger partial charge in [-0.1, -0.05) is 22.0 Å². The Balaban J connectivity index is 2.07. The van der Waals surface area contributed by atoms with E-state index in [1.807, 2.05) is 0 Å². The Bertz CT molecular complexity index is 959. The summed E-state index contributed by atoms with van der Waals surface area (Å²) in [5.74, 6) is -1.02. The highest BCUT2D eigenvalue weighted by Crippen LogP contribution is 2.27. The molecule has 0 saturated carbocycles. The number of rotatable bonds is 10. The topological polar surface area (TPSA) is 114 Å². The predicted molar refractivity (Wildman–Crippen MR) is 120 cm³/mol. The van der Waals surface area contributed by atoms with Gasteiger partial charge in [-0.25, -0.2) is 0 Å². The van der Waals surface area contributed by atoms with E-state index < -0.39 is 23.8 Å². The summed E-state index contributed by atoms with van der Waals surface area (Å²) in [4.78, 5) is 35.9. The highest BCUT2D eigenvalue weighted by atomic mass is 79.9. The van der Waals surface area contributed by atoms with E-state index in [1.54, 1.807) is 48.5 Å². The molecule has 8 nitrogen and oxygen atoms in total. The van der Waals surface area contributed by atoms with Crippen LogP contribution < -0.4 is 20.1 Å². The van der Waals surface area contributed by atoms with E-state index in [0.717, 1.165) is 4.47 Å². The maximum Gasteiger partial charge on any atom is 0.303 e. The lowest BCUT2D eigenvalue weighted by molar-refractivity contribution is -0.137. The van der Waals surface area contributed by atoms with E-state index in [9.17, 15) is 14.4 Å². The fourth-order valence-electron chi connectivity index (χ4n) is 2.65. The summed E-state index contributed by atoms with van der Waals surface area (Å²) in [6.07, 6.45) is 2.51. The van der Waals surface area contributed by atoms with Crippen LogP contribution >= 0.6 is 15.9 Å². The first kappa shape index (κ1) is 23.9. The van der Waals surface area contributed by atoms with Gasteiger partial charge in [0.15, 0.2) is 11.5 Å².